The molecule has 1 rings (SSSR count). The average Bonchev–Trinajstić information content (AvgIpc) is 2.20. The van der Waals surface area contributed by atoms with E-state index in [9.17, 15) is 17.9 Å². The number of rotatable bonds is 4. The Morgan fingerprint density at radius 1 is 1.42 bits per heavy atom. The number of nitrogens with two attached hydrogens (primary N) is 1. The number of aliphatic hydroxyl groups is 1. The van der Waals surface area contributed by atoms with E-state index in [2.05, 4.69) is 0 Å². The highest BCUT2D eigenvalue weighted by Crippen LogP contribution is 2.25. The maximum absolute atomic E-state index is 13.6. The quantitative estimate of drug-likeness (QED) is 0.814. The summed E-state index contributed by atoms with van der Waals surface area (Å²) in [5.41, 5.74) is 4.35. The summed E-state index contributed by atoms with van der Waals surface area (Å²) in [6.45, 7) is 4.25. The minimum absolute atomic E-state index is 0.0109. The molecule has 0 spiro atoms. The van der Waals surface area contributed by atoms with Gasteiger partial charge in [-0.1, -0.05) is 0 Å². The summed E-state index contributed by atoms with van der Waals surface area (Å²) in [7, 11) is -2.57. The van der Waals surface area contributed by atoms with Crippen LogP contribution in [0.4, 0.5) is 10.1 Å². The molecule has 0 heterocycles. The molecule has 3 N–H and O–H groups in total. The molecular formula is C12H19FN2O3S. The fraction of sp³-hybridized carbons (Fsp3) is 0.500. The third-order valence-electron chi connectivity index (χ3n) is 2.62. The first-order chi connectivity index (χ1) is 8.45. The molecule has 0 unspecified atom stereocenters. The minimum atomic E-state index is -3.89. The lowest BCUT2D eigenvalue weighted by atomic mass is 10.1. The van der Waals surface area contributed by atoms with Crippen molar-refractivity contribution in [2.24, 2.45) is 0 Å². The van der Waals surface area contributed by atoms with Gasteiger partial charge in [0.15, 0.2) is 0 Å². The van der Waals surface area contributed by atoms with Crippen molar-refractivity contribution in [1.82, 2.24) is 4.31 Å². The van der Waals surface area contributed by atoms with Crippen LogP contribution in [0, 0.1) is 12.7 Å². The van der Waals surface area contributed by atoms with Gasteiger partial charge in [-0.25, -0.2) is 12.8 Å². The summed E-state index contributed by atoms with van der Waals surface area (Å²) in [4.78, 5) is -0.184. The molecule has 0 radical (unpaired) electrons. The van der Waals surface area contributed by atoms with Gasteiger partial charge < -0.3 is 10.8 Å². The molecule has 0 aliphatic heterocycles. The predicted octanol–water partition coefficient (Wildman–Crippen LogP) is 1.11. The molecule has 19 heavy (non-hydrogen) atoms. The number of halogens is 1. The van der Waals surface area contributed by atoms with Crippen LogP contribution in [-0.4, -0.2) is 37.0 Å². The Morgan fingerprint density at radius 3 is 2.42 bits per heavy atom. The second-order valence-corrected chi connectivity index (χ2v) is 7.21. The Bertz CT molecular complexity index is 579. The van der Waals surface area contributed by atoms with Gasteiger partial charge in [0.05, 0.1) is 10.5 Å². The molecule has 1 aromatic carbocycles. The highest BCUT2D eigenvalue weighted by Gasteiger charge is 2.28. The van der Waals surface area contributed by atoms with Crippen molar-refractivity contribution >= 4 is 15.7 Å². The number of sulfonamides is 1. The van der Waals surface area contributed by atoms with Crippen molar-refractivity contribution in [2.45, 2.75) is 31.3 Å². The molecule has 0 saturated carbocycles. The van der Waals surface area contributed by atoms with Crippen LogP contribution in [0.5, 0.6) is 0 Å². The van der Waals surface area contributed by atoms with Crippen LogP contribution in [0.25, 0.3) is 0 Å². The van der Waals surface area contributed by atoms with Gasteiger partial charge in [0.1, 0.15) is 5.82 Å². The Morgan fingerprint density at radius 2 is 1.95 bits per heavy atom. The van der Waals surface area contributed by atoms with E-state index in [-0.39, 0.29) is 22.7 Å². The second-order valence-electron chi connectivity index (χ2n) is 5.20. The fourth-order valence-electron chi connectivity index (χ4n) is 1.74. The summed E-state index contributed by atoms with van der Waals surface area (Å²) in [5, 5.41) is 9.67. The van der Waals surface area contributed by atoms with Crippen LogP contribution in [0.2, 0.25) is 0 Å². The van der Waals surface area contributed by atoms with E-state index in [1.54, 1.807) is 0 Å². The van der Waals surface area contributed by atoms with Gasteiger partial charge in [-0.05, 0) is 32.9 Å². The Labute approximate surface area is 112 Å². The number of nitrogens with zero attached hydrogens (tertiary/aromatic N) is 1. The Hall–Kier alpha value is -1.18. The molecule has 108 valence electrons. The van der Waals surface area contributed by atoms with E-state index in [1.165, 1.54) is 33.9 Å². The fourth-order valence-corrected chi connectivity index (χ4v) is 3.33. The molecule has 0 aliphatic carbocycles. The van der Waals surface area contributed by atoms with Gasteiger partial charge >= 0.3 is 0 Å². The standard InChI is InChI=1S/C12H19FN2O3S/c1-8-10(13)5-9(14)6-11(8)19(17,18)15(4)7-12(2,3)16/h5-6,16H,7,14H2,1-4H3. The van der Waals surface area contributed by atoms with Gasteiger partial charge in [0.2, 0.25) is 10.0 Å². The molecular weight excluding hydrogens is 271 g/mol. The summed E-state index contributed by atoms with van der Waals surface area (Å²) in [6, 6.07) is 2.29. The van der Waals surface area contributed by atoms with Crippen molar-refractivity contribution in [3.8, 4) is 0 Å². The highest BCUT2D eigenvalue weighted by molar-refractivity contribution is 7.89. The smallest absolute Gasteiger partial charge is 0.243 e. The molecule has 0 aliphatic rings. The summed E-state index contributed by atoms with van der Waals surface area (Å²) in [6.07, 6.45) is 0. The van der Waals surface area contributed by atoms with Gasteiger partial charge in [0.25, 0.3) is 0 Å². The largest absolute Gasteiger partial charge is 0.399 e. The van der Waals surface area contributed by atoms with Crippen molar-refractivity contribution < 1.29 is 17.9 Å². The lowest BCUT2D eigenvalue weighted by molar-refractivity contribution is 0.0640. The number of hydrogen-bond donors (Lipinski definition) is 2. The molecule has 0 saturated heterocycles. The first kappa shape index (κ1) is 15.9. The molecule has 5 nitrogen and oxygen atoms in total. The van der Waals surface area contributed by atoms with Gasteiger partial charge in [-0.3, -0.25) is 0 Å². The number of likely N-dealkylation sites (N-methyl/N-ethyl adjacent to an activating group) is 1. The number of benzene rings is 1. The Balaban J connectivity index is 3.28. The topological polar surface area (TPSA) is 83.6 Å². The van der Waals surface area contributed by atoms with Gasteiger partial charge in [0, 0.05) is 24.8 Å². The van der Waals surface area contributed by atoms with Crippen molar-refractivity contribution in [2.75, 3.05) is 19.3 Å². The van der Waals surface area contributed by atoms with Crippen LogP contribution < -0.4 is 5.73 Å². The maximum Gasteiger partial charge on any atom is 0.243 e. The maximum atomic E-state index is 13.6. The minimum Gasteiger partial charge on any atom is -0.399 e. The third kappa shape index (κ3) is 3.65. The molecule has 7 heteroatoms. The zero-order valence-corrected chi connectivity index (χ0v) is 12.3. The monoisotopic (exact) mass is 290 g/mol. The van der Waals surface area contributed by atoms with Crippen molar-refractivity contribution in [3.05, 3.63) is 23.5 Å². The summed E-state index contributed by atoms with van der Waals surface area (Å²) in [5.74, 6) is -0.671. The van der Waals surface area contributed by atoms with Crippen molar-refractivity contribution in [3.63, 3.8) is 0 Å². The van der Waals surface area contributed by atoms with Crippen LogP contribution in [0.15, 0.2) is 17.0 Å². The second kappa shape index (κ2) is 5.07. The van der Waals surface area contributed by atoms with E-state index < -0.39 is 21.4 Å². The van der Waals surface area contributed by atoms with E-state index >= 15 is 0 Å². The average molecular weight is 290 g/mol. The van der Waals surface area contributed by atoms with Gasteiger partial charge in [-0.2, -0.15) is 4.31 Å². The predicted molar refractivity (Wildman–Crippen MR) is 71.7 cm³/mol. The van der Waals surface area contributed by atoms with Crippen LogP contribution in [-0.2, 0) is 10.0 Å². The number of hydrogen-bond acceptors (Lipinski definition) is 4. The van der Waals surface area contributed by atoms with Crippen LogP contribution in [0.3, 0.4) is 0 Å². The molecule has 0 aromatic heterocycles. The normalized spacial score (nSPS) is 13.0. The van der Waals surface area contributed by atoms with E-state index in [4.69, 9.17) is 5.73 Å². The van der Waals surface area contributed by atoms with Gasteiger partial charge in [-0.15, -0.1) is 0 Å². The van der Waals surface area contributed by atoms with E-state index in [1.807, 2.05) is 0 Å². The lowest BCUT2D eigenvalue weighted by Crippen LogP contribution is -2.39. The molecule has 0 fully saturated rings. The van der Waals surface area contributed by atoms with E-state index in [0.29, 0.717) is 0 Å². The first-order valence-corrected chi connectivity index (χ1v) is 7.13. The number of nitrogen functional groups attached to an aromatic ring is 1. The SMILES string of the molecule is Cc1c(F)cc(N)cc1S(=O)(=O)N(C)CC(C)(C)O. The van der Waals surface area contributed by atoms with Crippen LogP contribution in [0.1, 0.15) is 19.4 Å². The van der Waals surface area contributed by atoms with Crippen molar-refractivity contribution in [1.29, 1.82) is 0 Å². The lowest BCUT2D eigenvalue weighted by Gasteiger charge is -2.25. The summed E-state index contributed by atoms with van der Waals surface area (Å²) < 4.78 is 39.2. The zero-order valence-electron chi connectivity index (χ0n) is 11.4. The zero-order chi connectivity index (χ0) is 15.0. The number of anilines is 1. The third-order valence-corrected chi connectivity index (χ3v) is 4.55. The van der Waals surface area contributed by atoms with E-state index in [0.717, 1.165) is 10.4 Å². The first-order valence-electron chi connectivity index (χ1n) is 5.69. The molecule has 0 amide bonds. The molecule has 1 aromatic rings. The molecule has 0 bridgehead atoms. The molecule has 0 atom stereocenters. The Kier molecular flexibility index (Phi) is 4.23. The van der Waals surface area contributed by atoms with Crippen LogP contribution >= 0.6 is 0 Å². The highest BCUT2D eigenvalue weighted by atomic mass is 32.2. The summed E-state index contributed by atoms with van der Waals surface area (Å²) >= 11 is 0.